The van der Waals surface area contributed by atoms with Gasteiger partial charge in [0.05, 0.1) is 0 Å². The second kappa shape index (κ2) is 12.9. The average Bonchev–Trinajstić information content (AvgIpc) is 2.68. The number of rotatable bonds is 9. The van der Waals surface area contributed by atoms with Gasteiger partial charge >= 0.3 is 23.9 Å². The largest absolute Gasteiger partial charge is 0.463 e. The molecule has 3 unspecified atom stereocenters. The lowest BCUT2D eigenvalue weighted by molar-refractivity contribution is -0.270. The number of allylic oxidation sites excluding steroid dienone is 1. The van der Waals surface area contributed by atoms with Crippen LogP contribution in [0.5, 0.6) is 0 Å². The zero-order valence-corrected chi connectivity index (χ0v) is 17.9. The Balaban J connectivity index is 3.39. The van der Waals surface area contributed by atoms with Gasteiger partial charge in [0.15, 0.2) is 12.2 Å². The maximum Gasteiger partial charge on any atom is 0.332 e. The first-order valence-corrected chi connectivity index (χ1v) is 9.35. The number of carbonyl (C=O) groups excluding carboxylic acids is 5. The minimum atomic E-state index is -1.55. The van der Waals surface area contributed by atoms with Crippen molar-refractivity contribution in [3.05, 3.63) is 22.6 Å². The van der Waals surface area contributed by atoms with Crippen LogP contribution in [-0.2, 0) is 47.7 Å². The van der Waals surface area contributed by atoms with Crippen LogP contribution in [0, 0.1) is 0 Å². The molecule has 5 atom stereocenters. The topological polar surface area (TPSA) is 192 Å². The molecule has 0 aromatic rings. The first-order valence-electron chi connectivity index (χ1n) is 9.35. The van der Waals surface area contributed by atoms with Crippen molar-refractivity contribution in [3.8, 4) is 0 Å². The summed E-state index contributed by atoms with van der Waals surface area (Å²) in [4.78, 5) is 61.4. The number of nitrogens with one attached hydrogen (secondary N) is 1. The molecule has 14 heteroatoms. The lowest BCUT2D eigenvalue weighted by atomic mass is 9.96. The average molecular weight is 456 g/mol. The summed E-state index contributed by atoms with van der Waals surface area (Å²) >= 11 is 0. The van der Waals surface area contributed by atoms with Crippen molar-refractivity contribution in [1.82, 2.24) is 5.32 Å². The third kappa shape index (κ3) is 8.62. The second-order valence-electron chi connectivity index (χ2n) is 6.41. The molecule has 1 aliphatic rings. The van der Waals surface area contributed by atoms with Crippen molar-refractivity contribution in [2.24, 2.45) is 5.11 Å². The fourth-order valence-corrected chi connectivity index (χ4v) is 2.77. The lowest BCUT2D eigenvalue weighted by Crippen LogP contribution is -2.67. The number of hydrogen-bond donors (Lipinski definition) is 1. The van der Waals surface area contributed by atoms with Crippen molar-refractivity contribution in [3.63, 3.8) is 0 Å². The van der Waals surface area contributed by atoms with Gasteiger partial charge in [-0.25, -0.2) is 4.79 Å². The van der Waals surface area contributed by atoms with E-state index in [1.54, 1.807) is 6.92 Å². The molecule has 1 aliphatic heterocycles. The van der Waals surface area contributed by atoms with E-state index >= 15 is 0 Å². The minimum absolute atomic E-state index is 0.442. The number of nitrogens with zero attached hydrogens (tertiary/aromatic N) is 3. The molecule has 0 bridgehead atoms. The molecule has 0 spiro atoms. The summed E-state index contributed by atoms with van der Waals surface area (Å²) in [5.74, 6) is -3.95. The number of carbonyl (C=O) groups is 5. The predicted molar refractivity (Wildman–Crippen MR) is 103 cm³/mol. The highest BCUT2D eigenvalue weighted by molar-refractivity contribution is 5.82. The van der Waals surface area contributed by atoms with Crippen molar-refractivity contribution in [1.29, 1.82) is 0 Å². The van der Waals surface area contributed by atoms with Gasteiger partial charge in [0.1, 0.15) is 25.3 Å². The van der Waals surface area contributed by atoms with Gasteiger partial charge in [0.25, 0.3) is 0 Å². The van der Waals surface area contributed by atoms with Crippen molar-refractivity contribution >= 4 is 29.8 Å². The summed E-state index contributed by atoms with van der Waals surface area (Å²) in [6, 6.07) is -1.37. The number of ether oxygens (including phenoxy) is 5. The molecule has 176 valence electrons. The Morgan fingerprint density at radius 1 is 1.03 bits per heavy atom. The molecule has 14 nitrogen and oxygen atoms in total. The van der Waals surface area contributed by atoms with E-state index < -0.39 is 73.6 Å². The predicted octanol–water partition coefficient (Wildman–Crippen LogP) is 0.0522. The molecule has 1 amide bonds. The fourth-order valence-electron chi connectivity index (χ4n) is 2.77. The Kier molecular flexibility index (Phi) is 10.7. The molecule has 1 rings (SSSR count). The minimum Gasteiger partial charge on any atom is -0.463 e. The van der Waals surface area contributed by atoms with Crippen LogP contribution in [0.4, 0.5) is 0 Å². The van der Waals surface area contributed by atoms with E-state index in [0.717, 1.165) is 26.8 Å². The van der Waals surface area contributed by atoms with Crippen LogP contribution in [-0.4, -0.2) is 73.6 Å². The molecule has 32 heavy (non-hydrogen) atoms. The van der Waals surface area contributed by atoms with E-state index in [4.69, 9.17) is 29.2 Å². The highest BCUT2D eigenvalue weighted by atomic mass is 16.7. The molecule has 0 aromatic heterocycles. The standard InChI is InChI=1S/C18H24N4O10/c1-5-6-14(27)32-18-15(21-13(26)7-20-22-19)17(30-11(4)25)16(29-10(3)24)12(31-18)8-28-9(2)23/h5-6,12,15-18H,7-8H2,1-4H3,(H,21,26)/b6-5+/t12?,15?,16-,17?,18+/m1/s1. The molecule has 1 N–H and O–H groups in total. The normalized spacial score (nSPS) is 24.6. The summed E-state index contributed by atoms with van der Waals surface area (Å²) in [5, 5.41) is 5.52. The van der Waals surface area contributed by atoms with E-state index in [9.17, 15) is 24.0 Å². The van der Waals surface area contributed by atoms with Crippen LogP contribution < -0.4 is 5.32 Å². The van der Waals surface area contributed by atoms with Gasteiger partial charge in [0.2, 0.25) is 12.2 Å². The van der Waals surface area contributed by atoms with Crippen LogP contribution in [0.25, 0.3) is 10.4 Å². The molecule has 1 fully saturated rings. The molecule has 0 aliphatic carbocycles. The molecular weight excluding hydrogens is 432 g/mol. The van der Waals surface area contributed by atoms with Crippen LogP contribution in [0.2, 0.25) is 0 Å². The molecule has 0 saturated carbocycles. The third-order valence-electron chi connectivity index (χ3n) is 3.84. The molecule has 0 radical (unpaired) electrons. The summed E-state index contributed by atoms with van der Waals surface area (Å²) in [5.41, 5.74) is 8.41. The second-order valence-corrected chi connectivity index (χ2v) is 6.41. The summed E-state index contributed by atoms with van der Waals surface area (Å²) < 4.78 is 26.3. The zero-order chi connectivity index (χ0) is 24.3. The van der Waals surface area contributed by atoms with Gasteiger partial charge in [-0.15, -0.1) is 0 Å². The molecule has 1 heterocycles. The third-order valence-corrected chi connectivity index (χ3v) is 3.84. The van der Waals surface area contributed by atoms with Gasteiger partial charge in [-0.1, -0.05) is 11.2 Å². The Bertz CT molecular complexity index is 808. The Labute approximate surface area is 182 Å². The van der Waals surface area contributed by atoms with Gasteiger partial charge in [-0.2, -0.15) is 0 Å². The van der Waals surface area contributed by atoms with Crippen molar-refractivity contribution in [2.45, 2.75) is 58.3 Å². The number of amides is 1. The molecule has 0 aromatic carbocycles. The first kappa shape index (κ1) is 26.4. The van der Waals surface area contributed by atoms with Crippen LogP contribution in [0.15, 0.2) is 17.3 Å². The van der Waals surface area contributed by atoms with Gasteiger partial charge in [0, 0.05) is 31.8 Å². The summed E-state index contributed by atoms with van der Waals surface area (Å²) in [6.45, 7) is 3.79. The number of azide groups is 1. The van der Waals surface area contributed by atoms with Crippen LogP contribution >= 0.6 is 0 Å². The van der Waals surface area contributed by atoms with Gasteiger partial charge < -0.3 is 29.0 Å². The van der Waals surface area contributed by atoms with E-state index in [-0.39, 0.29) is 0 Å². The molecule has 1 saturated heterocycles. The quantitative estimate of drug-likeness (QED) is 0.124. The zero-order valence-electron chi connectivity index (χ0n) is 17.9. The fraction of sp³-hybridized carbons (Fsp3) is 0.611. The van der Waals surface area contributed by atoms with E-state index in [0.29, 0.717) is 0 Å². The maximum absolute atomic E-state index is 12.2. The smallest absolute Gasteiger partial charge is 0.332 e. The Morgan fingerprint density at radius 3 is 2.19 bits per heavy atom. The Morgan fingerprint density at radius 2 is 1.66 bits per heavy atom. The van der Waals surface area contributed by atoms with Crippen LogP contribution in [0.1, 0.15) is 27.7 Å². The van der Waals surface area contributed by atoms with E-state index in [1.807, 2.05) is 0 Å². The summed E-state index contributed by atoms with van der Waals surface area (Å²) in [7, 11) is 0. The van der Waals surface area contributed by atoms with Crippen LogP contribution in [0.3, 0.4) is 0 Å². The highest BCUT2D eigenvalue weighted by Crippen LogP contribution is 2.28. The first-order chi connectivity index (χ1) is 15.1. The monoisotopic (exact) mass is 456 g/mol. The highest BCUT2D eigenvalue weighted by Gasteiger charge is 2.52. The van der Waals surface area contributed by atoms with Crippen molar-refractivity contribution < 1.29 is 47.7 Å². The number of esters is 4. The van der Waals surface area contributed by atoms with Gasteiger partial charge in [-0.3, -0.25) is 19.2 Å². The van der Waals surface area contributed by atoms with Gasteiger partial charge in [-0.05, 0) is 12.5 Å². The number of hydrogen-bond acceptors (Lipinski definition) is 11. The summed E-state index contributed by atoms with van der Waals surface area (Å²) in [6.07, 6.45) is -3.07. The van der Waals surface area contributed by atoms with E-state index in [1.165, 1.54) is 6.08 Å². The lowest BCUT2D eigenvalue weighted by Gasteiger charge is -2.44. The van der Waals surface area contributed by atoms with Crippen molar-refractivity contribution in [2.75, 3.05) is 13.2 Å². The molecular formula is C18H24N4O10. The maximum atomic E-state index is 12.2. The Hall–Kier alpha value is -3.64. The van der Waals surface area contributed by atoms with E-state index in [2.05, 4.69) is 15.3 Å². The SMILES string of the molecule is C/C=C/C(=O)O[C@@H]1OC(COC(C)=O)[C@@H](OC(C)=O)C(OC(C)=O)C1NC(=O)CN=[N+]=[N-].